The number of fused-ring (bicyclic) bond motifs is 1. The molecule has 0 atom stereocenters. The fraction of sp³-hybridized carbons (Fsp3) is 0. The second-order valence-corrected chi connectivity index (χ2v) is 9.05. The molecule has 0 radical (unpaired) electrons. The molecule has 3 heterocycles. The number of hydrogen-bond donors (Lipinski definition) is 0. The van der Waals surface area contributed by atoms with Crippen LogP contribution in [0, 0.1) is 0 Å². The van der Waals surface area contributed by atoms with Crippen molar-refractivity contribution in [2.24, 2.45) is 0 Å². The summed E-state index contributed by atoms with van der Waals surface area (Å²) in [6, 6.07) is 40.3. The Morgan fingerprint density at radius 1 is 0.436 bits per heavy atom. The Morgan fingerprint density at radius 3 is 1.69 bits per heavy atom. The molecule has 0 amide bonds. The van der Waals surface area contributed by atoms with Gasteiger partial charge in [-0.25, -0.2) is 19.9 Å². The first-order valence-corrected chi connectivity index (χ1v) is 12.7. The Labute approximate surface area is 225 Å². The van der Waals surface area contributed by atoms with Gasteiger partial charge in [0, 0.05) is 34.6 Å². The van der Waals surface area contributed by atoms with E-state index in [9.17, 15) is 0 Å². The van der Waals surface area contributed by atoms with Crippen molar-refractivity contribution < 1.29 is 0 Å². The van der Waals surface area contributed by atoms with Gasteiger partial charge in [-0.3, -0.25) is 9.55 Å². The van der Waals surface area contributed by atoms with E-state index in [4.69, 9.17) is 19.9 Å². The first kappa shape index (κ1) is 22.7. The van der Waals surface area contributed by atoms with E-state index < -0.39 is 0 Å². The molecule has 7 aromatic rings. The molecular formula is C33H22N6. The molecule has 0 N–H and O–H groups in total. The summed E-state index contributed by atoms with van der Waals surface area (Å²) >= 11 is 0. The molecule has 6 nitrogen and oxygen atoms in total. The van der Waals surface area contributed by atoms with Crippen LogP contribution in [0.1, 0.15) is 0 Å². The molecule has 4 aromatic carbocycles. The van der Waals surface area contributed by atoms with Crippen LogP contribution < -0.4 is 0 Å². The number of rotatable bonds is 5. The maximum absolute atomic E-state index is 5.01. The summed E-state index contributed by atoms with van der Waals surface area (Å²) in [7, 11) is 0. The minimum Gasteiger partial charge on any atom is -0.292 e. The fourth-order valence-corrected chi connectivity index (χ4v) is 4.75. The van der Waals surface area contributed by atoms with Gasteiger partial charge in [-0.15, -0.1) is 0 Å². The lowest BCUT2D eigenvalue weighted by molar-refractivity contribution is 1.05. The summed E-state index contributed by atoms with van der Waals surface area (Å²) in [5.74, 6) is 2.67. The highest BCUT2D eigenvalue weighted by Gasteiger charge is 2.20. The van der Waals surface area contributed by atoms with Crippen molar-refractivity contribution in [1.82, 2.24) is 29.5 Å². The summed E-state index contributed by atoms with van der Waals surface area (Å²) in [4.78, 5) is 24.0. The molecule has 0 aliphatic heterocycles. The van der Waals surface area contributed by atoms with Gasteiger partial charge in [0.05, 0.1) is 16.7 Å². The quantitative estimate of drug-likeness (QED) is 0.247. The van der Waals surface area contributed by atoms with Crippen molar-refractivity contribution in [3.63, 3.8) is 0 Å². The Kier molecular flexibility index (Phi) is 5.68. The predicted octanol–water partition coefficient (Wildman–Crippen LogP) is 7.27. The lowest BCUT2D eigenvalue weighted by atomic mass is 10.1. The molecule has 184 valence electrons. The standard InChI is InChI=1S/C33H22N6/c1-3-11-23(12-4-1)30-36-31(24-13-5-2-6-14-24)38-32(37-30)26-15-7-9-17-28(26)39-29-18-10-8-16-27(29)35-33(39)25-19-21-34-22-20-25/h1-22H. The van der Waals surface area contributed by atoms with E-state index in [0.717, 1.165) is 44.8 Å². The van der Waals surface area contributed by atoms with Crippen LogP contribution in [0.5, 0.6) is 0 Å². The SMILES string of the molecule is c1ccc(-c2nc(-c3ccccc3)nc(-c3ccccc3-n3c(-c4ccncc4)nc4ccccc43)n2)cc1. The molecule has 0 unspecified atom stereocenters. The fourth-order valence-electron chi connectivity index (χ4n) is 4.75. The molecular weight excluding hydrogens is 480 g/mol. The Bertz CT molecular complexity index is 1840. The third-order valence-electron chi connectivity index (χ3n) is 6.58. The van der Waals surface area contributed by atoms with Crippen molar-refractivity contribution in [2.45, 2.75) is 0 Å². The van der Waals surface area contributed by atoms with Gasteiger partial charge in [0.2, 0.25) is 0 Å². The average molecular weight is 503 g/mol. The third kappa shape index (κ3) is 4.24. The normalized spacial score (nSPS) is 11.1. The van der Waals surface area contributed by atoms with Gasteiger partial charge in [-0.05, 0) is 36.4 Å². The van der Waals surface area contributed by atoms with Crippen LogP contribution >= 0.6 is 0 Å². The van der Waals surface area contributed by atoms with Crippen LogP contribution in [0.4, 0.5) is 0 Å². The van der Waals surface area contributed by atoms with Crippen molar-refractivity contribution in [3.05, 3.63) is 134 Å². The maximum Gasteiger partial charge on any atom is 0.166 e. The predicted molar refractivity (Wildman–Crippen MR) is 154 cm³/mol. The molecule has 0 spiro atoms. The van der Waals surface area contributed by atoms with Gasteiger partial charge >= 0.3 is 0 Å². The van der Waals surface area contributed by atoms with Crippen LogP contribution in [0.25, 0.3) is 62.3 Å². The summed E-state index contributed by atoms with van der Waals surface area (Å²) in [6.45, 7) is 0. The van der Waals surface area contributed by atoms with Crippen molar-refractivity contribution in [1.29, 1.82) is 0 Å². The van der Waals surface area contributed by atoms with Gasteiger partial charge in [0.15, 0.2) is 17.5 Å². The Hall–Kier alpha value is -5.49. The van der Waals surface area contributed by atoms with Crippen LogP contribution in [0.2, 0.25) is 0 Å². The molecule has 0 saturated carbocycles. The van der Waals surface area contributed by atoms with Gasteiger partial charge in [-0.1, -0.05) is 84.9 Å². The zero-order chi connectivity index (χ0) is 26.0. The van der Waals surface area contributed by atoms with Gasteiger partial charge in [-0.2, -0.15) is 0 Å². The van der Waals surface area contributed by atoms with Crippen LogP contribution in [-0.2, 0) is 0 Å². The number of nitrogens with zero attached hydrogens (tertiary/aromatic N) is 6. The monoisotopic (exact) mass is 502 g/mol. The topological polar surface area (TPSA) is 69.4 Å². The average Bonchev–Trinajstić information content (AvgIpc) is 3.42. The summed E-state index contributed by atoms with van der Waals surface area (Å²) in [5.41, 5.74) is 6.56. The van der Waals surface area contributed by atoms with E-state index in [0.29, 0.717) is 17.5 Å². The lowest BCUT2D eigenvalue weighted by Gasteiger charge is -2.15. The second kappa shape index (κ2) is 9.76. The molecule has 0 fully saturated rings. The molecule has 0 saturated heterocycles. The molecule has 3 aromatic heterocycles. The smallest absolute Gasteiger partial charge is 0.166 e. The Morgan fingerprint density at radius 2 is 1.00 bits per heavy atom. The summed E-state index contributed by atoms with van der Waals surface area (Å²) < 4.78 is 2.17. The van der Waals surface area contributed by atoms with Crippen LogP contribution in [-0.4, -0.2) is 29.5 Å². The number of para-hydroxylation sites is 3. The number of pyridine rings is 1. The highest BCUT2D eigenvalue weighted by Crippen LogP contribution is 2.34. The summed E-state index contributed by atoms with van der Waals surface area (Å²) in [5, 5.41) is 0. The van der Waals surface area contributed by atoms with E-state index >= 15 is 0 Å². The number of hydrogen-bond acceptors (Lipinski definition) is 5. The van der Waals surface area contributed by atoms with Crippen molar-refractivity contribution in [3.8, 4) is 51.2 Å². The van der Waals surface area contributed by atoms with E-state index in [-0.39, 0.29) is 0 Å². The van der Waals surface area contributed by atoms with E-state index in [2.05, 4.69) is 27.8 Å². The maximum atomic E-state index is 5.01. The highest BCUT2D eigenvalue weighted by molar-refractivity contribution is 5.86. The molecule has 0 aliphatic carbocycles. The first-order chi connectivity index (χ1) is 19.3. The molecule has 0 aliphatic rings. The van der Waals surface area contributed by atoms with Gasteiger partial charge in [0.1, 0.15) is 5.82 Å². The highest BCUT2D eigenvalue weighted by atomic mass is 15.1. The van der Waals surface area contributed by atoms with Gasteiger partial charge < -0.3 is 0 Å². The minimum absolute atomic E-state index is 0.594. The third-order valence-corrected chi connectivity index (χ3v) is 6.58. The summed E-state index contributed by atoms with van der Waals surface area (Å²) in [6.07, 6.45) is 3.57. The number of imidazole rings is 1. The number of benzene rings is 4. The largest absolute Gasteiger partial charge is 0.292 e. The van der Waals surface area contributed by atoms with Gasteiger partial charge in [0.25, 0.3) is 0 Å². The van der Waals surface area contributed by atoms with E-state index in [1.165, 1.54) is 0 Å². The first-order valence-electron chi connectivity index (χ1n) is 12.7. The minimum atomic E-state index is 0.594. The zero-order valence-corrected chi connectivity index (χ0v) is 20.9. The molecule has 0 bridgehead atoms. The number of aromatic nitrogens is 6. The molecule has 7 rings (SSSR count). The van der Waals surface area contributed by atoms with Crippen LogP contribution in [0.15, 0.2) is 134 Å². The lowest BCUT2D eigenvalue weighted by Crippen LogP contribution is -2.04. The van der Waals surface area contributed by atoms with E-state index in [1.54, 1.807) is 12.4 Å². The van der Waals surface area contributed by atoms with Crippen LogP contribution in [0.3, 0.4) is 0 Å². The molecule has 6 heteroatoms. The van der Waals surface area contributed by atoms with Crippen molar-refractivity contribution >= 4 is 11.0 Å². The second-order valence-electron chi connectivity index (χ2n) is 9.05. The molecule has 39 heavy (non-hydrogen) atoms. The van der Waals surface area contributed by atoms with Crippen molar-refractivity contribution in [2.75, 3.05) is 0 Å². The zero-order valence-electron chi connectivity index (χ0n) is 20.9. The van der Waals surface area contributed by atoms with E-state index in [1.807, 2.05) is 103 Å². The Balaban J connectivity index is 1.50.